The van der Waals surface area contributed by atoms with E-state index in [9.17, 15) is 14.4 Å². The van der Waals surface area contributed by atoms with Gasteiger partial charge < -0.3 is 15.4 Å². The third-order valence-electron chi connectivity index (χ3n) is 3.63. The normalized spacial score (nSPS) is 10.1. The second-order valence-corrected chi connectivity index (χ2v) is 6.86. The number of ether oxygens (including phenoxy) is 1. The molecule has 0 heterocycles. The van der Waals surface area contributed by atoms with Crippen LogP contribution in [0.25, 0.3) is 0 Å². The second-order valence-electron chi connectivity index (χ2n) is 5.88. The lowest BCUT2D eigenvalue weighted by molar-refractivity contribution is -0.118. The molecule has 0 atom stereocenters. The largest absolute Gasteiger partial charge is 0.465 e. The predicted molar refractivity (Wildman–Crippen MR) is 107 cm³/mol. The monoisotopic (exact) mass is 386 g/mol. The molecule has 142 valence electrons. The molecule has 0 aromatic heterocycles. The number of amides is 2. The molecule has 0 aliphatic heterocycles. The van der Waals surface area contributed by atoms with Crippen LogP contribution >= 0.6 is 11.8 Å². The highest BCUT2D eigenvalue weighted by Crippen LogP contribution is 2.10. The molecule has 27 heavy (non-hydrogen) atoms. The molecule has 0 fully saturated rings. The van der Waals surface area contributed by atoms with Crippen molar-refractivity contribution >= 4 is 35.2 Å². The van der Waals surface area contributed by atoms with Crippen LogP contribution in [0.15, 0.2) is 48.5 Å². The zero-order valence-corrected chi connectivity index (χ0v) is 16.1. The Morgan fingerprint density at radius 1 is 1.00 bits per heavy atom. The van der Waals surface area contributed by atoms with Crippen LogP contribution in [0.1, 0.15) is 21.5 Å². The fraction of sp³-hybridized carbons (Fsp3) is 0.250. The summed E-state index contributed by atoms with van der Waals surface area (Å²) in [5, 5.41) is 5.59. The lowest BCUT2D eigenvalue weighted by Gasteiger charge is -2.07. The summed E-state index contributed by atoms with van der Waals surface area (Å²) < 4.78 is 4.64. The Kier molecular flexibility index (Phi) is 7.88. The molecule has 0 spiro atoms. The van der Waals surface area contributed by atoms with Crippen LogP contribution in [0.3, 0.4) is 0 Å². The molecule has 2 aromatic carbocycles. The first-order chi connectivity index (χ1) is 13.0. The van der Waals surface area contributed by atoms with Gasteiger partial charge in [-0.1, -0.05) is 24.3 Å². The topological polar surface area (TPSA) is 84.5 Å². The van der Waals surface area contributed by atoms with Gasteiger partial charge in [0.2, 0.25) is 11.8 Å². The van der Waals surface area contributed by atoms with Crippen molar-refractivity contribution in [3.63, 3.8) is 0 Å². The molecule has 0 bridgehead atoms. The van der Waals surface area contributed by atoms with Crippen LogP contribution in [-0.2, 0) is 20.9 Å². The van der Waals surface area contributed by atoms with E-state index in [4.69, 9.17) is 0 Å². The molecule has 6 nitrogen and oxygen atoms in total. The molecule has 2 rings (SSSR count). The number of aryl methyl sites for hydroxylation is 1. The summed E-state index contributed by atoms with van der Waals surface area (Å²) in [7, 11) is 1.33. The van der Waals surface area contributed by atoms with Gasteiger partial charge in [-0.15, -0.1) is 11.8 Å². The van der Waals surface area contributed by atoms with E-state index >= 15 is 0 Å². The highest BCUT2D eigenvalue weighted by molar-refractivity contribution is 8.00. The molecule has 2 amide bonds. The Balaban J connectivity index is 1.67. The summed E-state index contributed by atoms with van der Waals surface area (Å²) in [5.41, 5.74) is 3.15. The van der Waals surface area contributed by atoms with Crippen LogP contribution in [0, 0.1) is 6.92 Å². The standard InChI is InChI=1S/C20H22N2O4S/c1-14-4-3-5-17(10-14)22-19(24)13-27-12-18(23)21-11-15-6-8-16(9-7-15)20(25)26-2/h3-10H,11-13H2,1-2H3,(H,21,23)(H,22,24). The van der Waals surface area contributed by atoms with E-state index in [1.165, 1.54) is 18.9 Å². The van der Waals surface area contributed by atoms with E-state index in [1.807, 2.05) is 31.2 Å². The number of carbonyl (C=O) groups is 3. The number of carbonyl (C=O) groups excluding carboxylic acids is 3. The van der Waals surface area contributed by atoms with Crippen molar-refractivity contribution < 1.29 is 19.1 Å². The first kappa shape index (κ1) is 20.5. The van der Waals surface area contributed by atoms with Gasteiger partial charge in [0.15, 0.2) is 0 Å². The van der Waals surface area contributed by atoms with Crippen LogP contribution in [0.4, 0.5) is 5.69 Å². The van der Waals surface area contributed by atoms with E-state index in [0.29, 0.717) is 12.1 Å². The maximum Gasteiger partial charge on any atom is 0.337 e. The van der Waals surface area contributed by atoms with E-state index < -0.39 is 5.97 Å². The highest BCUT2D eigenvalue weighted by Gasteiger charge is 2.07. The number of hydrogen-bond acceptors (Lipinski definition) is 5. The van der Waals surface area contributed by atoms with Crippen LogP contribution in [0.5, 0.6) is 0 Å². The molecule has 0 aliphatic rings. The number of hydrogen-bond donors (Lipinski definition) is 2. The number of thioether (sulfide) groups is 1. The van der Waals surface area contributed by atoms with E-state index in [1.54, 1.807) is 24.3 Å². The first-order valence-corrected chi connectivity index (χ1v) is 9.51. The quantitative estimate of drug-likeness (QED) is 0.682. The lowest BCUT2D eigenvalue weighted by Crippen LogP contribution is -2.25. The molecule has 0 unspecified atom stereocenters. The number of rotatable bonds is 8. The summed E-state index contributed by atoms with van der Waals surface area (Å²) in [6.07, 6.45) is 0. The van der Waals surface area contributed by atoms with Gasteiger partial charge >= 0.3 is 5.97 Å². The van der Waals surface area contributed by atoms with Crippen molar-refractivity contribution in [2.75, 3.05) is 23.9 Å². The molecular weight excluding hydrogens is 364 g/mol. The third kappa shape index (κ3) is 7.15. The molecule has 0 saturated heterocycles. The molecule has 0 aliphatic carbocycles. The Bertz CT molecular complexity index is 806. The fourth-order valence-corrected chi connectivity index (χ4v) is 2.93. The van der Waals surface area contributed by atoms with Gasteiger partial charge in [-0.25, -0.2) is 4.79 Å². The summed E-state index contributed by atoms with van der Waals surface area (Å²) in [5.74, 6) is -0.292. The molecule has 7 heteroatoms. The van der Waals surface area contributed by atoms with Crippen LogP contribution < -0.4 is 10.6 Å². The van der Waals surface area contributed by atoms with Gasteiger partial charge in [-0.2, -0.15) is 0 Å². The SMILES string of the molecule is COC(=O)c1ccc(CNC(=O)CSCC(=O)Nc2cccc(C)c2)cc1. The first-order valence-electron chi connectivity index (χ1n) is 8.36. The molecule has 2 N–H and O–H groups in total. The predicted octanol–water partition coefficient (Wildman–Crippen LogP) is 2.77. The van der Waals surface area contributed by atoms with Crippen molar-refractivity contribution in [1.82, 2.24) is 5.32 Å². The number of esters is 1. The summed E-state index contributed by atoms with van der Waals surface area (Å²) in [6, 6.07) is 14.4. The van der Waals surface area contributed by atoms with E-state index in [0.717, 1.165) is 16.8 Å². The minimum Gasteiger partial charge on any atom is -0.465 e. The van der Waals surface area contributed by atoms with Crippen molar-refractivity contribution in [2.45, 2.75) is 13.5 Å². The van der Waals surface area contributed by atoms with E-state index in [2.05, 4.69) is 15.4 Å². The van der Waals surface area contributed by atoms with Gasteiger partial charge in [-0.05, 0) is 42.3 Å². The zero-order valence-electron chi connectivity index (χ0n) is 15.3. The van der Waals surface area contributed by atoms with Crippen LogP contribution in [0.2, 0.25) is 0 Å². The molecule has 0 radical (unpaired) electrons. The number of methoxy groups -OCH3 is 1. The number of nitrogens with one attached hydrogen (secondary N) is 2. The lowest BCUT2D eigenvalue weighted by atomic mass is 10.1. The van der Waals surface area contributed by atoms with Gasteiger partial charge in [0.1, 0.15) is 0 Å². The van der Waals surface area contributed by atoms with Gasteiger partial charge in [0.05, 0.1) is 24.2 Å². The Labute approximate surface area is 162 Å². The van der Waals surface area contributed by atoms with Crippen molar-refractivity contribution in [3.8, 4) is 0 Å². The Hall–Kier alpha value is -2.80. The minimum atomic E-state index is -0.397. The third-order valence-corrected chi connectivity index (χ3v) is 4.57. The Morgan fingerprint density at radius 2 is 1.70 bits per heavy atom. The molecular formula is C20H22N2O4S. The smallest absolute Gasteiger partial charge is 0.337 e. The van der Waals surface area contributed by atoms with E-state index in [-0.39, 0.29) is 23.3 Å². The second kappa shape index (κ2) is 10.4. The Morgan fingerprint density at radius 3 is 2.37 bits per heavy atom. The summed E-state index contributed by atoms with van der Waals surface area (Å²) in [4.78, 5) is 35.1. The summed E-state index contributed by atoms with van der Waals surface area (Å²) >= 11 is 1.25. The van der Waals surface area contributed by atoms with Crippen LogP contribution in [-0.4, -0.2) is 36.4 Å². The van der Waals surface area contributed by atoms with Crippen molar-refractivity contribution in [2.24, 2.45) is 0 Å². The molecule has 0 saturated carbocycles. The average molecular weight is 386 g/mol. The number of benzene rings is 2. The van der Waals surface area contributed by atoms with Gasteiger partial charge in [-0.3, -0.25) is 9.59 Å². The van der Waals surface area contributed by atoms with Crippen molar-refractivity contribution in [3.05, 3.63) is 65.2 Å². The average Bonchev–Trinajstić information content (AvgIpc) is 2.66. The van der Waals surface area contributed by atoms with Gasteiger partial charge in [0, 0.05) is 12.2 Å². The molecule has 2 aromatic rings. The summed E-state index contributed by atoms with van der Waals surface area (Å²) in [6.45, 7) is 2.31. The van der Waals surface area contributed by atoms with Gasteiger partial charge in [0.25, 0.3) is 0 Å². The minimum absolute atomic E-state index is 0.142. The zero-order chi connectivity index (χ0) is 19.6. The highest BCUT2D eigenvalue weighted by atomic mass is 32.2. The maximum atomic E-state index is 11.9. The number of anilines is 1. The van der Waals surface area contributed by atoms with Crippen molar-refractivity contribution in [1.29, 1.82) is 0 Å². The fourth-order valence-electron chi connectivity index (χ4n) is 2.28. The maximum absolute atomic E-state index is 11.9.